The van der Waals surface area contributed by atoms with E-state index in [-0.39, 0.29) is 23.9 Å². The molecule has 0 saturated carbocycles. The minimum atomic E-state index is -0.389. The SMILES string of the molecule is CN1C(=O)N(C)C2C1NN=c1s/c(=C\c3ccc[nH]3)c(=O)n12. The van der Waals surface area contributed by atoms with E-state index in [9.17, 15) is 9.59 Å². The van der Waals surface area contributed by atoms with Gasteiger partial charge < -0.3 is 14.8 Å². The molecule has 22 heavy (non-hydrogen) atoms. The molecule has 2 aromatic heterocycles. The van der Waals surface area contributed by atoms with Crippen molar-refractivity contribution < 1.29 is 4.79 Å². The van der Waals surface area contributed by atoms with Crippen molar-refractivity contribution in [1.29, 1.82) is 0 Å². The van der Waals surface area contributed by atoms with Crippen LogP contribution in [0.4, 0.5) is 4.79 Å². The van der Waals surface area contributed by atoms with E-state index in [1.54, 1.807) is 40.7 Å². The van der Waals surface area contributed by atoms with Gasteiger partial charge in [-0.2, -0.15) is 0 Å². The number of carbonyl (C=O) groups excluding carboxylic acids is 1. The van der Waals surface area contributed by atoms with Gasteiger partial charge in [0.1, 0.15) is 0 Å². The minimum Gasteiger partial charge on any atom is -0.362 e. The van der Waals surface area contributed by atoms with Crippen molar-refractivity contribution in [3.05, 3.63) is 43.7 Å². The summed E-state index contributed by atoms with van der Waals surface area (Å²) in [5.41, 5.74) is 3.69. The summed E-state index contributed by atoms with van der Waals surface area (Å²) < 4.78 is 2.17. The lowest BCUT2D eigenvalue weighted by Crippen LogP contribution is -2.52. The highest BCUT2D eigenvalue weighted by Crippen LogP contribution is 2.26. The van der Waals surface area contributed by atoms with Gasteiger partial charge in [-0.25, -0.2) is 4.79 Å². The Kier molecular flexibility index (Phi) is 2.67. The Morgan fingerprint density at radius 2 is 2.14 bits per heavy atom. The maximum Gasteiger partial charge on any atom is 0.323 e. The van der Waals surface area contributed by atoms with Crippen LogP contribution >= 0.6 is 11.3 Å². The second kappa shape index (κ2) is 4.47. The molecule has 9 heteroatoms. The number of urea groups is 1. The maximum absolute atomic E-state index is 12.7. The van der Waals surface area contributed by atoms with Gasteiger partial charge in [0.25, 0.3) is 5.56 Å². The third-order valence-electron chi connectivity index (χ3n) is 4.00. The van der Waals surface area contributed by atoms with Crippen LogP contribution in [0.2, 0.25) is 0 Å². The summed E-state index contributed by atoms with van der Waals surface area (Å²) in [5, 5.41) is 4.25. The van der Waals surface area contributed by atoms with Crippen LogP contribution in [0, 0.1) is 0 Å². The molecule has 8 nitrogen and oxygen atoms in total. The number of aromatic amines is 1. The quantitative estimate of drug-likeness (QED) is 0.709. The van der Waals surface area contributed by atoms with Crippen LogP contribution in [-0.2, 0) is 0 Å². The molecule has 1 saturated heterocycles. The number of H-pyrrole nitrogens is 1. The number of fused-ring (bicyclic) bond motifs is 3. The second-order valence-corrected chi connectivity index (χ2v) is 6.31. The van der Waals surface area contributed by atoms with E-state index in [4.69, 9.17) is 0 Å². The van der Waals surface area contributed by atoms with Crippen molar-refractivity contribution >= 4 is 23.4 Å². The summed E-state index contributed by atoms with van der Waals surface area (Å²) >= 11 is 1.30. The highest BCUT2D eigenvalue weighted by Gasteiger charge is 2.46. The largest absolute Gasteiger partial charge is 0.362 e. The molecule has 1 fully saturated rings. The predicted octanol–water partition coefficient (Wildman–Crippen LogP) is -0.974. The number of amides is 2. The van der Waals surface area contributed by atoms with E-state index in [0.29, 0.717) is 9.33 Å². The second-order valence-electron chi connectivity index (χ2n) is 5.30. The number of aromatic nitrogens is 2. The number of hydrogen-bond acceptors (Lipinski definition) is 5. The zero-order chi connectivity index (χ0) is 15.4. The molecule has 2 N–H and O–H groups in total. The number of nitrogens with one attached hydrogen (secondary N) is 2. The van der Waals surface area contributed by atoms with Gasteiger partial charge in [0, 0.05) is 26.0 Å². The number of carbonyl (C=O) groups is 1. The Hall–Kier alpha value is -2.55. The fourth-order valence-corrected chi connectivity index (χ4v) is 3.81. The van der Waals surface area contributed by atoms with Crippen LogP contribution in [0.3, 0.4) is 0 Å². The van der Waals surface area contributed by atoms with Crippen molar-refractivity contribution in [2.24, 2.45) is 5.10 Å². The summed E-state index contributed by atoms with van der Waals surface area (Å²) in [7, 11) is 3.39. The first-order chi connectivity index (χ1) is 10.6. The summed E-state index contributed by atoms with van der Waals surface area (Å²) in [4.78, 5) is 31.6. The lowest BCUT2D eigenvalue weighted by Gasteiger charge is -2.27. The molecule has 0 aromatic carbocycles. The zero-order valence-electron chi connectivity index (χ0n) is 12.0. The van der Waals surface area contributed by atoms with E-state index in [1.807, 2.05) is 12.1 Å². The molecule has 4 heterocycles. The topological polar surface area (TPSA) is 85.7 Å². The normalized spacial score (nSPS) is 24.1. The Morgan fingerprint density at radius 1 is 1.32 bits per heavy atom. The van der Waals surface area contributed by atoms with Crippen molar-refractivity contribution in [3.63, 3.8) is 0 Å². The molecule has 0 radical (unpaired) electrons. The maximum atomic E-state index is 12.7. The highest BCUT2D eigenvalue weighted by atomic mass is 32.1. The van der Waals surface area contributed by atoms with Gasteiger partial charge in [-0.05, 0) is 18.2 Å². The van der Waals surface area contributed by atoms with Crippen LogP contribution in [0.15, 0.2) is 28.2 Å². The van der Waals surface area contributed by atoms with E-state index in [0.717, 1.165) is 5.69 Å². The van der Waals surface area contributed by atoms with Crippen molar-refractivity contribution in [1.82, 2.24) is 24.8 Å². The van der Waals surface area contributed by atoms with E-state index >= 15 is 0 Å². The van der Waals surface area contributed by atoms with Crippen LogP contribution in [0.25, 0.3) is 6.08 Å². The summed E-state index contributed by atoms with van der Waals surface area (Å²) in [6.07, 6.45) is 2.87. The number of nitrogens with zero attached hydrogens (tertiary/aromatic N) is 4. The van der Waals surface area contributed by atoms with Crippen molar-refractivity contribution in [3.8, 4) is 0 Å². The Labute approximate surface area is 129 Å². The number of hydrogen-bond donors (Lipinski definition) is 2. The molecule has 4 rings (SSSR count). The summed E-state index contributed by atoms with van der Waals surface area (Å²) in [5.74, 6) is 0. The predicted molar refractivity (Wildman–Crippen MR) is 80.6 cm³/mol. The third-order valence-corrected chi connectivity index (χ3v) is 4.99. The van der Waals surface area contributed by atoms with Crippen LogP contribution in [0.5, 0.6) is 0 Å². The average Bonchev–Trinajstić information content (AvgIpc) is 3.18. The molecule has 0 bridgehead atoms. The zero-order valence-corrected chi connectivity index (χ0v) is 12.8. The molecule has 114 valence electrons. The first-order valence-corrected chi connectivity index (χ1v) is 7.59. The van der Waals surface area contributed by atoms with Gasteiger partial charge in [-0.1, -0.05) is 11.3 Å². The number of likely N-dealkylation sites (N-methyl/N-ethyl adjacent to an activating group) is 2. The van der Waals surface area contributed by atoms with Crippen molar-refractivity contribution in [2.45, 2.75) is 12.3 Å². The molecule has 0 aliphatic carbocycles. The fraction of sp³-hybridized carbons (Fsp3) is 0.308. The summed E-state index contributed by atoms with van der Waals surface area (Å²) in [6, 6.07) is 3.62. The van der Waals surface area contributed by atoms with Gasteiger partial charge in [0.05, 0.1) is 4.53 Å². The van der Waals surface area contributed by atoms with Crippen LogP contribution in [0.1, 0.15) is 11.9 Å². The highest BCUT2D eigenvalue weighted by molar-refractivity contribution is 7.07. The standard InChI is InChI=1S/C13H14N6O2S/c1-17-9-10(18(2)13(17)21)19-11(20)8(22-12(19)16-15-9)6-7-4-3-5-14-7/h3-6,9-10,14-15H,1-2H3/b8-6-. The van der Waals surface area contributed by atoms with E-state index < -0.39 is 0 Å². The molecule has 2 atom stereocenters. The summed E-state index contributed by atoms with van der Waals surface area (Å²) in [6.45, 7) is 0. The molecular formula is C13H14N6O2S. The smallest absolute Gasteiger partial charge is 0.323 e. The molecule has 0 spiro atoms. The Morgan fingerprint density at radius 3 is 2.86 bits per heavy atom. The minimum absolute atomic E-state index is 0.134. The molecule has 2 amide bonds. The van der Waals surface area contributed by atoms with Gasteiger partial charge in [-0.3, -0.25) is 14.8 Å². The first-order valence-electron chi connectivity index (χ1n) is 6.77. The van der Waals surface area contributed by atoms with Gasteiger partial charge in [0.2, 0.25) is 4.80 Å². The molecular weight excluding hydrogens is 304 g/mol. The third kappa shape index (κ3) is 1.65. The van der Waals surface area contributed by atoms with Crippen LogP contribution < -0.4 is 20.3 Å². The lowest BCUT2D eigenvalue weighted by atomic mass is 10.3. The van der Waals surface area contributed by atoms with Crippen molar-refractivity contribution in [2.75, 3.05) is 14.1 Å². The average molecular weight is 318 g/mol. The molecule has 2 aromatic rings. The molecule has 2 aliphatic rings. The Bertz CT molecular complexity index is 911. The molecule has 2 aliphatic heterocycles. The monoisotopic (exact) mass is 318 g/mol. The number of rotatable bonds is 1. The van der Waals surface area contributed by atoms with Gasteiger partial charge in [-0.15, -0.1) is 5.10 Å². The molecule has 2 unspecified atom stereocenters. The van der Waals surface area contributed by atoms with Gasteiger partial charge >= 0.3 is 6.03 Å². The van der Waals surface area contributed by atoms with E-state index in [1.165, 1.54) is 11.3 Å². The number of thiazole rings is 1. The lowest BCUT2D eigenvalue weighted by molar-refractivity contribution is 0.171. The van der Waals surface area contributed by atoms with Crippen LogP contribution in [-0.4, -0.2) is 45.6 Å². The fourth-order valence-electron chi connectivity index (χ4n) is 2.85. The van der Waals surface area contributed by atoms with E-state index in [2.05, 4.69) is 15.5 Å². The first kappa shape index (κ1) is 13.1. The Balaban J connectivity index is 1.91. The van der Waals surface area contributed by atoms with Gasteiger partial charge in [0.15, 0.2) is 12.3 Å².